The van der Waals surface area contributed by atoms with Crippen LogP contribution in [0.4, 0.5) is 13.2 Å². The Hall–Kier alpha value is -5.33. The fourth-order valence-electron chi connectivity index (χ4n) is 3.84. The summed E-state index contributed by atoms with van der Waals surface area (Å²) in [7, 11) is 0. The Balaban J connectivity index is 1.47. The number of aromatic nitrogens is 2. The number of nitrogens with zero attached hydrogens (tertiary/aromatic N) is 1. The third-order valence-electron chi connectivity index (χ3n) is 5.81. The molecule has 0 radical (unpaired) electrons. The summed E-state index contributed by atoms with van der Waals surface area (Å²) < 4.78 is 44.3. The molecule has 1 aromatic heterocycles. The average Bonchev–Trinajstić information content (AvgIpc) is 2.92. The number of aromatic hydroxyl groups is 1. The summed E-state index contributed by atoms with van der Waals surface area (Å²) in [6.45, 7) is -0.504. The van der Waals surface area contributed by atoms with Crippen molar-refractivity contribution in [3.8, 4) is 11.5 Å². The summed E-state index contributed by atoms with van der Waals surface area (Å²) in [5.74, 6) is -2.36. The van der Waals surface area contributed by atoms with E-state index in [9.17, 15) is 37.5 Å². The van der Waals surface area contributed by atoms with Gasteiger partial charge >= 0.3 is 12.1 Å². The number of carbonyl (C=O) groups is 2. The van der Waals surface area contributed by atoms with Crippen LogP contribution in [0.15, 0.2) is 88.5 Å². The number of benzene rings is 3. The van der Waals surface area contributed by atoms with E-state index in [-0.39, 0.29) is 35.7 Å². The van der Waals surface area contributed by atoms with Crippen molar-refractivity contribution in [3.63, 3.8) is 0 Å². The van der Waals surface area contributed by atoms with Crippen molar-refractivity contribution >= 4 is 11.8 Å². The number of nitrogens with one attached hydrogen (secondary N) is 3. The second-order valence-electron chi connectivity index (χ2n) is 8.80. The number of alkyl halides is 3. The molecular weight excluding hydrogens is 545 g/mol. The second kappa shape index (κ2) is 12.2. The number of phenolic OH excluding ortho intramolecular Hbond substituents is 1. The molecular formula is C28H23F3N4O6. The van der Waals surface area contributed by atoms with Gasteiger partial charge in [-0.3, -0.25) is 19.0 Å². The smallest absolute Gasteiger partial charge is 0.508 e. The zero-order valence-corrected chi connectivity index (χ0v) is 21.2. The van der Waals surface area contributed by atoms with Crippen molar-refractivity contribution < 1.29 is 32.6 Å². The Bertz CT molecular complexity index is 1650. The molecule has 0 bridgehead atoms. The van der Waals surface area contributed by atoms with Gasteiger partial charge in [0.1, 0.15) is 17.2 Å². The molecule has 4 rings (SSSR count). The molecule has 13 heteroatoms. The third kappa shape index (κ3) is 7.85. The molecule has 3 aromatic carbocycles. The highest BCUT2D eigenvalue weighted by molar-refractivity contribution is 5.95. The van der Waals surface area contributed by atoms with Crippen molar-refractivity contribution in [1.29, 1.82) is 0 Å². The number of amides is 2. The molecule has 4 aromatic rings. The molecule has 0 saturated heterocycles. The van der Waals surface area contributed by atoms with Crippen LogP contribution in [-0.4, -0.2) is 32.8 Å². The molecule has 10 nitrogen and oxygen atoms in total. The first kappa shape index (κ1) is 28.7. The number of ether oxygens (including phenoxy) is 1. The van der Waals surface area contributed by atoms with E-state index in [0.717, 1.165) is 16.7 Å². The molecule has 212 valence electrons. The molecule has 0 saturated carbocycles. The Kier molecular flexibility index (Phi) is 8.56. The Morgan fingerprint density at radius 2 is 1.56 bits per heavy atom. The average molecular weight is 569 g/mol. The first-order chi connectivity index (χ1) is 19.5. The molecule has 0 unspecified atom stereocenters. The van der Waals surface area contributed by atoms with E-state index in [2.05, 4.69) is 20.4 Å². The highest BCUT2D eigenvalue weighted by atomic mass is 19.4. The number of phenols is 1. The maximum Gasteiger partial charge on any atom is 0.573 e. The maximum atomic E-state index is 13.1. The summed E-state index contributed by atoms with van der Waals surface area (Å²) in [5, 5.41) is 14.4. The molecule has 0 aliphatic heterocycles. The van der Waals surface area contributed by atoms with Gasteiger partial charge in [-0.25, -0.2) is 4.79 Å². The monoisotopic (exact) mass is 568 g/mol. The highest BCUT2D eigenvalue weighted by Gasteiger charge is 2.32. The number of carbonyl (C=O) groups excluding carboxylic acids is 2. The van der Waals surface area contributed by atoms with Gasteiger partial charge in [0.25, 0.3) is 17.4 Å². The standard InChI is InChI=1S/C28H23F3N4O6/c29-28(30,31)41-23-12-19(25(38)32-14-18-7-4-8-21(36)11-18)9-10-20(23)15-33-26(39)22-13-24(37)35(27(40)34-22)16-17-5-2-1-3-6-17/h1-13,36H,14-16H2,(H,32,38)(H,33,39)(H,34,40). The van der Waals surface area contributed by atoms with E-state index < -0.39 is 41.7 Å². The van der Waals surface area contributed by atoms with Gasteiger partial charge in [0.05, 0.1) is 6.54 Å². The predicted octanol–water partition coefficient (Wildman–Crippen LogP) is 3.05. The molecule has 0 aliphatic carbocycles. The lowest BCUT2D eigenvalue weighted by atomic mass is 10.1. The summed E-state index contributed by atoms with van der Waals surface area (Å²) in [6.07, 6.45) is -5.09. The van der Waals surface area contributed by atoms with Crippen molar-refractivity contribution in [2.75, 3.05) is 0 Å². The van der Waals surface area contributed by atoms with Crippen molar-refractivity contribution in [3.05, 3.63) is 128 Å². The predicted molar refractivity (Wildman–Crippen MR) is 140 cm³/mol. The minimum atomic E-state index is -5.09. The summed E-state index contributed by atoms with van der Waals surface area (Å²) in [6, 6.07) is 19.0. The molecule has 2 amide bonds. The van der Waals surface area contributed by atoms with Crippen molar-refractivity contribution in [1.82, 2.24) is 20.2 Å². The number of rotatable bonds is 9. The van der Waals surface area contributed by atoms with Gasteiger partial charge in [-0.15, -0.1) is 13.2 Å². The SMILES string of the molecule is O=C(NCc1cccc(O)c1)c1ccc(CNC(=O)c2cc(=O)n(Cc3ccccc3)c(=O)[nH]2)c(OC(F)(F)F)c1. The van der Waals surface area contributed by atoms with E-state index in [1.165, 1.54) is 24.3 Å². The van der Waals surface area contributed by atoms with E-state index in [0.29, 0.717) is 11.1 Å². The number of hydrogen-bond donors (Lipinski definition) is 4. The van der Waals surface area contributed by atoms with Crippen LogP contribution in [0.2, 0.25) is 0 Å². The van der Waals surface area contributed by atoms with Crippen LogP contribution in [0, 0.1) is 0 Å². The molecule has 41 heavy (non-hydrogen) atoms. The fraction of sp³-hybridized carbons (Fsp3) is 0.143. The van der Waals surface area contributed by atoms with Gasteiger partial charge in [-0.1, -0.05) is 48.5 Å². The van der Waals surface area contributed by atoms with Crippen molar-refractivity contribution in [2.24, 2.45) is 0 Å². The van der Waals surface area contributed by atoms with Crippen LogP contribution in [0.5, 0.6) is 11.5 Å². The van der Waals surface area contributed by atoms with E-state index >= 15 is 0 Å². The molecule has 0 fully saturated rings. The van der Waals surface area contributed by atoms with Crippen LogP contribution in [0.3, 0.4) is 0 Å². The van der Waals surface area contributed by atoms with Crippen LogP contribution in [-0.2, 0) is 19.6 Å². The maximum absolute atomic E-state index is 13.1. The third-order valence-corrected chi connectivity index (χ3v) is 5.81. The lowest BCUT2D eigenvalue weighted by molar-refractivity contribution is -0.274. The lowest BCUT2D eigenvalue weighted by Crippen LogP contribution is -2.38. The minimum absolute atomic E-state index is 0.00281. The Morgan fingerprint density at radius 1 is 0.854 bits per heavy atom. The zero-order valence-electron chi connectivity index (χ0n) is 21.2. The quantitative estimate of drug-likeness (QED) is 0.245. The largest absolute Gasteiger partial charge is 0.573 e. The normalized spacial score (nSPS) is 11.1. The molecule has 0 aliphatic rings. The van der Waals surface area contributed by atoms with E-state index in [1.54, 1.807) is 42.5 Å². The van der Waals surface area contributed by atoms with Crippen LogP contribution in [0.1, 0.15) is 37.5 Å². The lowest BCUT2D eigenvalue weighted by Gasteiger charge is -2.15. The number of aromatic amines is 1. The first-order valence-corrected chi connectivity index (χ1v) is 12.1. The van der Waals surface area contributed by atoms with Crippen molar-refractivity contribution in [2.45, 2.75) is 26.0 Å². The molecule has 0 atom stereocenters. The molecule has 4 N–H and O–H groups in total. The molecule has 1 heterocycles. The zero-order chi connectivity index (χ0) is 29.6. The summed E-state index contributed by atoms with van der Waals surface area (Å²) in [5.41, 5.74) is -0.990. The van der Waals surface area contributed by atoms with Gasteiger partial charge in [0.15, 0.2) is 0 Å². The van der Waals surface area contributed by atoms with Crippen LogP contribution < -0.4 is 26.6 Å². The number of hydrogen-bond acceptors (Lipinski definition) is 6. The minimum Gasteiger partial charge on any atom is -0.508 e. The van der Waals surface area contributed by atoms with Gasteiger partial charge in [-0.05, 0) is 35.4 Å². The summed E-state index contributed by atoms with van der Waals surface area (Å²) in [4.78, 5) is 52.4. The fourth-order valence-corrected chi connectivity index (χ4v) is 3.84. The number of H-pyrrole nitrogens is 1. The Labute approximate surface area is 230 Å². The van der Waals surface area contributed by atoms with Gasteiger partial charge < -0.3 is 25.5 Å². The highest BCUT2D eigenvalue weighted by Crippen LogP contribution is 2.28. The second-order valence-corrected chi connectivity index (χ2v) is 8.80. The first-order valence-electron chi connectivity index (χ1n) is 12.1. The van der Waals surface area contributed by atoms with E-state index in [1.807, 2.05) is 0 Å². The van der Waals surface area contributed by atoms with Gasteiger partial charge in [-0.2, -0.15) is 0 Å². The number of halogens is 3. The molecule has 0 spiro atoms. The van der Waals surface area contributed by atoms with Crippen LogP contribution in [0.25, 0.3) is 0 Å². The van der Waals surface area contributed by atoms with Gasteiger partial charge in [0, 0.05) is 30.3 Å². The van der Waals surface area contributed by atoms with E-state index in [4.69, 9.17) is 0 Å². The topological polar surface area (TPSA) is 143 Å². The Morgan fingerprint density at radius 3 is 2.24 bits per heavy atom. The van der Waals surface area contributed by atoms with Crippen LogP contribution >= 0.6 is 0 Å². The summed E-state index contributed by atoms with van der Waals surface area (Å²) >= 11 is 0. The van der Waals surface area contributed by atoms with Gasteiger partial charge in [0.2, 0.25) is 0 Å².